The van der Waals surface area contributed by atoms with Gasteiger partial charge in [0.25, 0.3) is 0 Å². The standard InChI is InChI=1S/C13H28N2/c1-6-7-12-9-15(8-11(2)3)13(4,5)10-14-12/h11-12,14H,6-10H2,1-5H3. The lowest BCUT2D eigenvalue weighted by Gasteiger charge is -2.47. The first-order chi connectivity index (χ1) is 6.95. The van der Waals surface area contributed by atoms with Gasteiger partial charge in [0.2, 0.25) is 0 Å². The zero-order chi connectivity index (χ0) is 11.5. The van der Waals surface area contributed by atoms with Crippen LogP contribution in [-0.4, -0.2) is 36.1 Å². The van der Waals surface area contributed by atoms with Crippen LogP contribution < -0.4 is 5.32 Å². The average molecular weight is 212 g/mol. The molecular weight excluding hydrogens is 184 g/mol. The highest BCUT2D eigenvalue weighted by Crippen LogP contribution is 2.21. The fourth-order valence-electron chi connectivity index (χ4n) is 2.39. The summed E-state index contributed by atoms with van der Waals surface area (Å²) in [6.45, 7) is 15.2. The van der Waals surface area contributed by atoms with Crippen molar-refractivity contribution in [2.75, 3.05) is 19.6 Å². The summed E-state index contributed by atoms with van der Waals surface area (Å²) in [5.74, 6) is 0.768. The molecule has 1 heterocycles. The molecule has 90 valence electrons. The van der Waals surface area contributed by atoms with Gasteiger partial charge in [0.05, 0.1) is 0 Å². The van der Waals surface area contributed by atoms with E-state index >= 15 is 0 Å². The lowest BCUT2D eigenvalue weighted by atomic mass is 9.94. The van der Waals surface area contributed by atoms with E-state index in [0.717, 1.165) is 12.5 Å². The van der Waals surface area contributed by atoms with Crippen LogP contribution in [0.1, 0.15) is 47.5 Å². The summed E-state index contributed by atoms with van der Waals surface area (Å²) in [6, 6.07) is 0.710. The van der Waals surface area contributed by atoms with E-state index in [1.807, 2.05) is 0 Å². The lowest BCUT2D eigenvalue weighted by molar-refractivity contribution is 0.0530. The molecular formula is C13H28N2. The Bertz CT molecular complexity index is 187. The molecule has 0 bridgehead atoms. The van der Waals surface area contributed by atoms with Gasteiger partial charge in [0, 0.05) is 31.2 Å². The van der Waals surface area contributed by atoms with E-state index in [9.17, 15) is 0 Å². The first-order valence-corrected chi connectivity index (χ1v) is 6.44. The minimum atomic E-state index is 0.328. The molecule has 0 aliphatic carbocycles. The molecule has 1 N–H and O–H groups in total. The molecule has 0 spiro atoms. The SMILES string of the molecule is CCCC1CN(CC(C)C)C(C)(C)CN1. The molecule has 0 aromatic heterocycles. The van der Waals surface area contributed by atoms with Gasteiger partial charge in [-0.1, -0.05) is 27.2 Å². The summed E-state index contributed by atoms with van der Waals surface area (Å²) in [6.07, 6.45) is 2.60. The Hall–Kier alpha value is -0.0800. The third-order valence-electron chi connectivity index (χ3n) is 3.34. The Kier molecular flexibility index (Phi) is 4.60. The Morgan fingerprint density at radius 1 is 1.40 bits per heavy atom. The minimum absolute atomic E-state index is 0.328. The molecule has 2 nitrogen and oxygen atoms in total. The normalized spacial score (nSPS) is 27.2. The fraction of sp³-hybridized carbons (Fsp3) is 1.00. The summed E-state index contributed by atoms with van der Waals surface area (Å²) in [7, 11) is 0. The summed E-state index contributed by atoms with van der Waals surface area (Å²) < 4.78 is 0. The summed E-state index contributed by atoms with van der Waals surface area (Å²) >= 11 is 0. The lowest BCUT2D eigenvalue weighted by Crippen LogP contribution is -2.62. The molecule has 1 atom stereocenters. The van der Waals surface area contributed by atoms with Crippen LogP contribution in [-0.2, 0) is 0 Å². The number of rotatable bonds is 4. The third kappa shape index (κ3) is 3.76. The monoisotopic (exact) mass is 212 g/mol. The molecule has 1 aliphatic heterocycles. The van der Waals surface area contributed by atoms with E-state index in [4.69, 9.17) is 0 Å². The number of nitrogens with zero attached hydrogens (tertiary/aromatic N) is 1. The van der Waals surface area contributed by atoms with Crippen LogP contribution in [0.3, 0.4) is 0 Å². The largest absolute Gasteiger partial charge is 0.311 e. The van der Waals surface area contributed by atoms with Crippen LogP contribution in [0.25, 0.3) is 0 Å². The van der Waals surface area contributed by atoms with Gasteiger partial charge >= 0.3 is 0 Å². The van der Waals surface area contributed by atoms with Crippen molar-refractivity contribution in [1.29, 1.82) is 0 Å². The maximum Gasteiger partial charge on any atom is 0.0278 e. The van der Waals surface area contributed by atoms with Crippen molar-refractivity contribution in [3.8, 4) is 0 Å². The smallest absolute Gasteiger partial charge is 0.0278 e. The third-order valence-corrected chi connectivity index (χ3v) is 3.34. The summed E-state index contributed by atoms with van der Waals surface area (Å²) in [5.41, 5.74) is 0.328. The van der Waals surface area contributed by atoms with Gasteiger partial charge in [-0.3, -0.25) is 4.90 Å². The first kappa shape index (κ1) is 13.0. The van der Waals surface area contributed by atoms with E-state index in [2.05, 4.69) is 44.8 Å². The predicted molar refractivity (Wildman–Crippen MR) is 67.2 cm³/mol. The molecule has 1 unspecified atom stereocenters. The number of nitrogens with one attached hydrogen (secondary N) is 1. The first-order valence-electron chi connectivity index (χ1n) is 6.44. The summed E-state index contributed by atoms with van der Waals surface area (Å²) in [5, 5.41) is 3.67. The van der Waals surface area contributed by atoms with Crippen molar-refractivity contribution < 1.29 is 0 Å². The quantitative estimate of drug-likeness (QED) is 0.770. The Morgan fingerprint density at radius 3 is 2.60 bits per heavy atom. The van der Waals surface area contributed by atoms with E-state index in [1.165, 1.54) is 25.9 Å². The number of piperazine rings is 1. The van der Waals surface area contributed by atoms with Crippen LogP contribution in [0, 0.1) is 5.92 Å². The van der Waals surface area contributed by atoms with E-state index < -0.39 is 0 Å². The zero-order valence-electron chi connectivity index (χ0n) is 11.1. The predicted octanol–water partition coefficient (Wildman–Crippen LogP) is 2.49. The van der Waals surface area contributed by atoms with Crippen molar-refractivity contribution in [3.63, 3.8) is 0 Å². The maximum atomic E-state index is 3.67. The molecule has 0 amide bonds. The molecule has 15 heavy (non-hydrogen) atoms. The number of hydrogen-bond acceptors (Lipinski definition) is 2. The van der Waals surface area contributed by atoms with Gasteiger partial charge in [-0.05, 0) is 26.2 Å². The molecule has 1 fully saturated rings. The van der Waals surface area contributed by atoms with E-state index in [0.29, 0.717) is 11.6 Å². The van der Waals surface area contributed by atoms with Crippen molar-refractivity contribution >= 4 is 0 Å². The summed E-state index contributed by atoms with van der Waals surface area (Å²) in [4.78, 5) is 2.66. The molecule has 0 aromatic carbocycles. The van der Waals surface area contributed by atoms with Crippen molar-refractivity contribution in [3.05, 3.63) is 0 Å². The van der Waals surface area contributed by atoms with E-state index in [-0.39, 0.29) is 0 Å². The zero-order valence-corrected chi connectivity index (χ0v) is 11.1. The molecule has 0 radical (unpaired) electrons. The Labute approximate surface area is 95.4 Å². The molecule has 0 saturated carbocycles. The minimum Gasteiger partial charge on any atom is -0.311 e. The molecule has 1 saturated heterocycles. The second-order valence-electron chi connectivity index (χ2n) is 5.98. The van der Waals surface area contributed by atoms with Crippen LogP contribution in [0.15, 0.2) is 0 Å². The van der Waals surface area contributed by atoms with Crippen molar-refractivity contribution in [2.24, 2.45) is 5.92 Å². The van der Waals surface area contributed by atoms with Crippen LogP contribution in [0.4, 0.5) is 0 Å². The van der Waals surface area contributed by atoms with Gasteiger partial charge in [-0.25, -0.2) is 0 Å². The van der Waals surface area contributed by atoms with Crippen LogP contribution >= 0.6 is 0 Å². The maximum absolute atomic E-state index is 3.67. The van der Waals surface area contributed by atoms with Crippen molar-refractivity contribution in [2.45, 2.75) is 59.0 Å². The second kappa shape index (κ2) is 5.31. The number of hydrogen-bond donors (Lipinski definition) is 1. The average Bonchev–Trinajstić information content (AvgIpc) is 2.11. The van der Waals surface area contributed by atoms with Crippen LogP contribution in [0.5, 0.6) is 0 Å². The van der Waals surface area contributed by atoms with Gasteiger partial charge < -0.3 is 5.32 Å². The molecule has 0 aromatic rings. The topological polar surface area (TPSA) is 15.3 Å². The molecule has 1 rings (SSSR count). The molecule has 2 heteroatoms. The van der Waals surface area contributed by atoms with Gasteiger partial charge in [0.15, 0.2) is 0 Å². The Balaban J connectivity index is 2.53. The van der Waals surface area contributed by atoms with Crippen molar-refractivity contribution in [1.82, 2.24) is 10.2 Å². The van der Waals surface area contributed by atoms with E-state index in [1.54, 1.807) is 0 Å². The van der Waals surface area contributed by atoms with Gasteiger partial charge in [0.1, 0.15) is 0 Å². The van der Waals surface area contributed by atoms with Crippen LogP contribution in [0.2, 0.25) is 0 Å². The highest BCUT2D eigenvalue weighted by molar-refractivity contribution is 4.92. The Morgan fingerprint density at radius 2 is 2.07 bits per heavy atom. The second-order valence-corrected chi connectivity index (χ2v) is 5.98. The highest BCUT2D eigenvalue weighted by atomic mass is 15.3. The van der Waals surface area contributed by atoms with Gasteiger partial charge in [-0.15, -0.1) is 0 Å². The molecule has 1 aliphatic rings. The fourth-order valence-corrected chi connectivity index (χ4v) is 2.39. The highest BCUT2D eigenvalue weighted by Gasteiger charge is 2.33. The van der Waals surface area contributed by atoms with Gasteiger partial charge in [-0.2, -0.15) is 0 Å².